The summed E-state index contributed by atoms with van der Waals surface area (Å²) >= 11 is 7.31. The van der Waals surface area contributed by atoms with Gasteiger partial charge in [-0.05, 0) is 30.9 Å². The lowest BCUT2D eigenvalue weighted by molar-refractivity contribution is 0.625. The molecule has 0 amide bonds. The molecule has 0 heterocycles. The van der Waals surface area contributed by atoms with Gasteiger partial charge in [-0.1, -0.05) is 11.6 Å². The van der Waals surface area contributed by atoms with Crippen LogP contribution in [0.15, 0.2) is 17.0 Å². The summed E-state index contributed by atoms with van der Waals surface area (Å²) in [4.78, 5) is 0.952. The van der Waals surface area contributed by atoms with E-state index in [1.54, 1.807) is 0 Å². The predicted octanol–water partition coefficient (Wildman–Crippen LogP) is 3.51. The summed E-state index contributed by atoms with van der Waals surface area (Å²) in [6, 6.07) is 2.82. The molecule has 1 rings (SSSR count). The number of rotatable bonds is 1. The maximum absolute atomic E-state index is 12.7. The zero-order valence-electron chi connectivity index (χ0n) is 6.32. The molecule has 0 nitrogen and oxygen atoms in total. The second kappa shape index (κ2) is 3.46. The number of hydrogen-bond acceptors (Lipinski definition) is 1. The van der Waals surface area contributed by atoms with Crippen LogP contribution in [0.1, 0.15) is 5.56 Å². The van der Waals surface area contributed by atoms with Crippen LogP contribution in [0.25, 0.3) is 0 Å². The second-order valence-corrected chi connectivity index (χ2v) is 3.46. The molecule has 1 aromatic carbocycles. The normalized spacial score (nSPS) is 10.2. The van der Waals surface area contributed by atoms with E-state index in [0.717, 1.165) is 10.5 Å². The third kappa shape index (κ3) is 1.88. The van der Waals surface area contributed by atoms with E-state index in [1.165, 1.54) is 23.9 Å². The van der Waals surface area contributed by atoms with Crippen LogP contribution in [0.4, 0.5) is 4.39 Å². The lowest BCUT2D eigenvalue weighted by atomic mass is 10.2. The lowest BCUT2D eigenvalue weighted by Crippen LogP contribution is -1.83. The van der Waals surface area contributed by atoms with Gasteiger partial charge in [-0.15, -0.1) is 11.8 Å². The van der Waals surface area contributed by atoms with Crippen LogP contribution in [0.3, 0.4) is 0 Å². The summed E-state index contributed by atoms with van der Waals surface area (Å²) in [6.45, 7) is 1.85. The molecule has 0 fully saturated rings. The molecule has 0 radical (unpaired) electrons. The van der Waals surface area contributed by atoms with E-state index in [2.05, 4.69) is 0 Å². The molecule has 0 aromatic heterocycles. The number of hydrogen-bond donors (Lipinski definition) is 0. The molecule has 0 saturated carbocycles. The summed E-state index contributed by atoms with van der Waals surface area (Å²) in [6.07, 6.45) is 1.92. The van der Waals surface area contributed by atoms with E-state index in [9.17, 15) is 4.39 Å². The summed E-state index contributed by atoms with van der Waals surface area (Å²) in [7, 11) is 0. The van der Waals surface area contributed by atoms with Crippen LogP contribution in [-0.2, 0) is 0 Å². The third-order valence-corrected chi connectivity index (χ3v) is 2.76. The second-order valence-electron chi connectivity index (χ2n) is 2.24. The standard InChI is InChI=1S/C8H8ClFS/c1-5-3-6(10)4-7(9)8(5)11-2/h3-4H,1-2H3. The molecule has 0 aliphatic carbocycles. The van der Waals surface area contributed by atoms with Crippen molar-refractivity contribution >= 4 is 23.4 Å². The number of aryl methyl sites for hydroxylation is 1. The van der Waals surface area contributed by atoms with E-state index in [4.69, 9.17) is 11.6 Å². The first kappa shape index (κ1) is 8.88. The first-order valence-electron chi connectivity index (χ1n) is 3.15. The van der Waals surface area contributed by atoms with Crippen molar-refractivity contribution in [2.75, 3.05) is 6.26 Å². The van der Waals surface area contributed by atoms with E-state index >= 15 is 0 Å². The average molecular weight is 191 g/mol. The molecule has 0 aliphatic heterocycles. The first-order chi connectivity index (χ1) is 5.15. The van der Waals surface area contributed by atoms with Crippen molar-refractivity contribution in [1.29, 1.82) is 0 Å². The lowest BCUT2D eigenvalue weighted by Gasteiger charge is -2.03. The molecular formula is C8H8ClFS. The molecule has 0 saturated heterocycles. The molecular weight excluding hydrogens is 183 g/mol. The molecule has 0 spiro atoms. The number of halogens is 2. The van der Waals surface area contributed by atoms with Crippen molar-refractivity contribution < 1.29 is 4.39 Å². The van der Waals surface area contributed by atoms with Crippen LogP contribution in [0.5, 0.6) is 0 Å². The first-order valence-corrected chi connectivity index (χ1v) is 4.75. The third-order valence-electron chi connectivity index (χ3n) is 1.40. The topological polar surface area (TPSA) is 0 Å². The SMILES string of the molecule is CSc1c(C)cc(F)cc1Cl. The Morgan fingerprint density at radius 1 is 1.45 bits per heavy atom. The highest BCUT2D eigenvalue weighted by molar-refractivity contribution is 7.98. The van der Waals surface area contributed by atoms with Gasteiger partial charge in [0.2, 0.25) is 0 Å². The van der Waals surface area contributed by atoms with Gasteiger partial charge in [0.05, 0.1) is 5.02 Å². The van der Waals surface area contributed by atoms with Gasteiger partial charge < -0.3 is 0 Å². The monoisotopic (exact) mass is 190 g/mol. The van der Waals surface area contributed by atoms with Crippen LogP contribution in [0.2, 0.25) is 5.02 Å². The molecule has 1 aromatic rings. The fourth-order valence-corrected chi connectivity index (χ4v) is 2.07. The number of thioether (sulfide) groups is 1. The van der Waals surface area contributed by atoms with Crippen molar-refractivity contribution in [2.24, 2.45) is 0 Å². The van der Waals surface area contributed by atoms with Crippen molar-refractivity contribution in [3.8, 4) is 0 Å². The Bertz CT molecular complexity index is 250. The maximum Gasteiger partial charge on any atom is 0.125 e. The average Bonchev–Trinajstić information content (AvgIpc) is 1.85. The molecule has 0 unspecified atom stereocenters. The van der Waals surface area contributed by atoms with Gasteiger partial charge in [-0.3, -0.25) is 0 Å². The Morgan fingerprint density at radius 2 is 2.09 bits per heavy atom. The zero-order valence-corrected chi connectivity index (χ0v) is 7.89. The van der Waals surface area contributed by atoms with Gasteiger partial charge in [-0.25, -0.2) is 4.39 Å². The van der Waals surface area contributed by atoms with Crippen LogP contribution >= 0.6 is 23.4 Å². The highest BCUT2D eigenvalue weighted by atomic mass is 35.5. The van der Waals surface area contributed by atoms with Gasteiger partial charge in [0.25, 0.3) is 0 Å². The molecule has 60 valence electrons. The quantitative estimate of drug-likeness (QED) is 0.611. The highest BCUT2D eigenvalue weighted by Gasteiger charge is 2.04. The maximum atomic E-state index is 12.7. The predicted molar refractivity (Wildman–Crippen MR) is 47.9 cm³/mol. The van der Waals surface area contributed by atoms with E-state index < -0.39 is 0 Å². The van der Waals surface area contributed by atoms with Gasteiger partial charge in [0.1, 0.15) is 5.82 Å². The van der Waals surface area contributed by atoms with Crippen molar-refractivity contribution in [1.82, 2.24) is 0 Å². The van der Waals surface area contributed by atoms with E-state index in [0.29, 0.717) is 5.02 Å². The Labute approximate surface area is 74.8 Å². The summed E-state index contributed by atoms with van der Waals surface area (Å²) in [5, 5.41) is 0.495. The smallest absolute Gasteiger partial charge is 0.125 e. The summed E-state index contributed by atoms with van der Waals surface area (Å²) < 4.78 is 12.7. The van der Waals surface area contributed by atoms with Crippen molar-refractivity contribution in [3.63, 3.8) is 0 Å². The molecule has 0 atom stereocenters. The molecule has 0 N–H and O–H groups in total. The molecule has 11 heavy (non-hydrogen) atoms. The minimum absolute atomic E-state index is 0.273. The van der Waals surface area contributed by atoms with Crippen molar-refractivity contribution in [3.05, 3.63) is 28.5 Å². The van der Waals surface area contributed by atoms with Gasteiger partial charge in [-0.2, -0.15) is 0 Å². The Balaban J connectivity index is 3.25. The minimum Gasteiger partial charge on any atom is -0.207 e. The minimum atomic E-state index is -0.273. The van der Waals surface area contributed by atoms with Gasteiger partial charge >= 0.3 is 0 Å². The Hall–Kier alpha value is -0.210. The zero-order chi connectivity index (χ0) is 8.43. The fourth-order valence-electron chi connectivity index (χ4n) is 0.948. The van der Waals surface area contributed by atoms with Gasteiger partial charge in [0.15, 0.2) is 0 Å². The van der Waals surface area contributed by atoms with Crippen LogP contribution < -0.4 is 0 Å². The van der Waals surface area contributed by atoms with E-state index in [1.807, 2.05) is 13.2 Å². The number of benzene rings is 1. The van der Waals surface area contributed by atoms with Gasteiger partial charge in [0, 0.05) is 4.90 Å². The summed E-state index contributed by atoms with van der Waals surface area (Å²) in [5.74, 6) is -0.273. The van der Waals surface area contributed by atoms with Crippen LogP contribution in [0, 0.1) is 12.7 Å². The van der Waals surface area contributed by atoms with Crippen LogP contribution in [-0.4, -0.2) is 6.26 Å². The Kier molecular flexibility index (Phi) is 2.79. The Morgan fingerprint density at radius 3 is 2.55 bits per heavy atom. The van der Waals surface area contributed by atoms with Crippen molar-refractivity contribution in [2.45, 2.75) is 11.8 Å². The van der Waals surface area contributed by atoms with E-state index in [-0.39, 0.29) is 5.82 Å². The molecule has 3 heteroatoms. The molecule has 0 aliphatic rings. The highest BCUT2D eigenvalue weighted by Crippen LogP contribution is 2.29. The molecule has 0 bridgehead atoms. The summed E-state index contributed by atoms with van der Waals surface area (Å²) in [5.41, 5.74) is 0.891. The fraction of sp³-hybridized carbons (Fsp3) is 0.250. The largest absolute Gasteiger partial charge is 0.207 e.